The lowest BCUT2D eigenvalue weighted by Crippen LogP contribution is -2.53. The Morgan fingerprint density at radius 2 is 2.26 bits per heavy atom. The summed E-state index contributed by atoms with van der Waals surface area (Å²) in [5, 5.41) is 2.82. The summed E-state index contributed by atoms with van der Waals surface area (Å²) in [4.78, 5) is 16.8. The molecule has 0 atom stereocenters. The number of hydrogen-bond donors (Lipinski definition) is 2. The molecule has 0 radical (unpaired) electrons. The average molecular weight is 342 g/mol. The van der Waals surface area contributed by atoms with Crippen LogP contribution in [0.4, 0.5) is 5.82 Å². The molecule has 1 aromatic rings. The number of rotatable bonds is 3. The van der Waals surface area contributed by atoms with Crippen molar-refractivity contribution in [3.63, 3.8) is 0 Å². The van der Waals surface area contributed by atoms with Crippen molar-refractivity contribution in [3.05, 3.63) is 22.3 Å². The third kappa shape index (κ3) is 2.65. The fraction of sp³-hybridized carbons (Fsp3) is 0.462. The molecule has 3 N–H and O–H groups in total. The van der Waals surface area contributed by atoms with Crippen LogP contribution in [-0.4, -0.2) is 15.9 Å². The van der Waals surface area contributed by atoms with E-state index >= 15 is 0 Å². The maximum Gasteiger partial charge on any atom is 0.238 e. The molecule has 0 saturated heterocycles. The zero-order chi connectivity index (χ0) is 14.2. The topological polar surface area (TPSA) is 68.0 Å². The normalized spacial score (nSPS) is 25.5. The van der Waals surface area contributed by atoms with Gasteiger partial charge < -0.3 is 11.1 Å². The minimum atomic E-state index is -0.697. The van der Waals surface area contributed by atoms with Gasteiger partial charge in [-0.15, -0.1) is 0 Å². The van der Waals surface area contributed by atoms with E-state index in [2.05, 4.69) is 33.2 Å². The summed E-state index contributed by atoms with van der Waals surface area (Å²) >= 11 is 8.44. The van der Waals surface area contributed by atoms with Crippen LogP contribution in [0.1, 0.15) is 25.3 Å². The van der Waals surface area contributed by atoms with Gasteiger partial charge in [-0.1, -0.05) is 19.1 Å². The highest BCUT2D eigenvalue weighted by molar-refractivity contribution is 9.10. The van der Waals surface area contributed by atoms with Crippen LogP contribution in [0, 0.1) is 18.3 Å². The van der Waals surface area contributed by atoms with E-state index in [-0.39, 0.29) is 10.9 Å². The number of aromatic nitrogens is 1. The Morgan fingerprint density at radius 3 is 2.74 bits per heavy atom. The smallest absolute Gasteiger partial charge is 0.238 e. The van der Waals surface area contributed by atoms with Crippen molar-refractivity contribution in [2.45, 2.75) is 26.7 Å². The number of amides is 1. The number of thiocarbonyl (C=S) groups is 1. The first-order valence-electron chi connectivity index (χ1n) is 6.08. The van der Waals surface area contributed by atoms with Crippen molar-refractivity contribution in [1.29, 1.82) is 0 Å². The molecule has 1 heterocycles. The molecule has 0 aromatic carbocycles. The molecular weight excluding hydrogens is 326 g/mol. The minimum Gasteiger partial charge on any atom is -0.392 e. The Kier molecular flexibility index (Phi) is 3.92. The maximum absolute atomic E-state index is 12.4. The Balaban J connectivity index is 2.16. The lowest BCUT2D eigenvalue weighted by atomic mass is 9.62. The van der Waals surface area contributed by atoms with E-state index in [0.717, 1.165) is 10.0 Å². The Labute approximate surface area is 126 Å². The van der Waals surface area contributed by atoms with Gasteiger partial charge in [-0.25, -0.2) is 4.98 Å². The van der Waals surface area contributed by atoms with Crippen LogP contribution in [0.25, 0.3) is 0 Å². The second kappa shape index (κ2) is 5.17. The molecule has 4 nitrogen and oxygen atoms in total. The summed E-state index contributed by atoms with van der Waals surface area (Å²) < 4.78 is 0.909. The van der Waals surface area contributed by atoms with E-state index in [4.69, 9.17) is 18.0 Å². The molecule has 1 amide bonds. The van der Waals surface area contributed by atoms with Crippen molar-refractivity contribution in [2.24, 2.45) is 17.1 Å². The first-order valence-corrected chi connectivity index (χ1v) is 7.29. The van der Waals surface area contributed by atoms with Gasteiger partial charge in [0.05, 0.1) is 10.4 Å². The van der Waals surface area contributed by atoms with Crippen molar-refractivity contribution < 1.29 is 4.79 Å². The summed E-state index contributed by atoms with van der Waals surface area (Å²) in [6.45, 7) is 4.03. The molecule has 1 saturated carbocycles. The van der Waals surface area contributed by atoms with E-state index in [1.165, 1.54) is 0 Å². The zero-order valence-electron chi connectivity index (χ0n) is 10.9. The van der Waals surface area contributed by atoms with E-state index < -0.39 is 5.41 Å². The van der Waals surface area contributed by atoms with Crippen molar-refractivity contribution >= 4 is 44.9 Å². The zero-order valence-corrected chi connectivity index (χ0v) is 13.3. The largest absolute Gasteiger partial charge is 0.392 e. The number of halogens is 1. The first-order chi connectivity index (χ1) is 8.85. The number of nitrogens with zero attached hydrogens (tertiary/aromatic N) is 1. The standard InChI is InChI=1S/C13H16BrN3OS/c1-7-4-13(5-7,11(15)19)12(18)17-10-3-8(2)9(14)6-16-10/h3,6-7H,4-5H2,1-2H3,(H2,15,19)(H,16,17,18). The highest BCUT2D eigenvalue weighted by Gasteiger charge is 2.50. The quantitative estimate of drug-likeness (QED) is 0.829. The Morgan fingerprint density at radius 1 is 1.63 bits per heavy atom. The lowest BCUT2D eigenvalue weighted by Gasteiger charge is -2.43. The van der Waals surface area contributed by atoms with Gasteiger partial charge in [-0.05, 0) is 53.2 Å². The van der Waals surface area contributed by atoms with Gasteiger partial charge in [0.2, 0.25) is 5.91 Å². The highest BCUT2D eigenvalue weighted by atomic mass is 79.9. The molecule has 0 spiro atoms. The number of hydrogen-bond acceptors (Lipinski definition) is 3. The van der Waals surface area contributed by atoms with Gasteiger partial charge in [0.25, 0.3) is 0 Å². The molecule has 19 heavy (non-hydrogen) atoms. The summed E-state index contributed by atoms with van der Waals surface area (Å²) in [5.41, 5.74) is 6.06. The number of nitrogens with one attached hydrogen (secondary N) is 1. The molecule has 1 fully saturated rings. The van der Waals surface area contributed by atoms with Gasteiger partial charge in [0.15, 0.2) is 0 Å². The van der Waals surface area contributed by atoms with Gasteiger partial charge in [-0.2, -0.15) is 0 Å². The molecule has 2 rings (SSSR count). The Hall–Kier alpha value is -1.01. The maximum atomic E-state index is 12.4. The Bertz CT molecular complexity index is 541. The summed E-state index contributed by atoms with van der Waals surface area (Å²) in [5.74, 6) is 0.861. The SMILES string of the molecule is Cc1cc(NC(=O)C2(C(N)=S)CC(C)C2)ncc1Br. The van der Waals surface area contributed by atoms with Crippen molar-refractivity contribution in [2.75, 3.05) is 5.32 Å². The molecular formula is C13H16BrN3OS. The predicted molar refractivity (Wildman–Crippen MR) is 82.9 cm³/mol. The van der Waals surface area contributed by atoms with Crippen LogP contribution >= 0.6 is 28.1 Å². The molecule has 6 heteroatoms. The molecule has 0 aliphatic heterocycles. The third-order valence-electron chi connectivity index (χ3n) is 3.59. The van der Waals surface area contributed by atoms with Crippen LogP contribution in [-0.2, 0) is 4.79 Å². The average Bonchev–Trinajstić information content (AvgIpc) is 2.29. The van der Waals surface area contributed by atoms with Crippen LogP contribution in [0.5, 0.6) is 0 Å². The van der Waals surface area contributed by atoms with E-state index in [1.54, 1.807) is 6.20 Å². The minimum absolute atomic E-state index is 0.146. The molecule has 0 unspecified atom stereocenters. The molecule has 102 valence electrons. The van der Waals surface area contributed by atoms with E-state index in [0.29, 0.717) is 24.6 Å². The second-order valence-corrected chi connectivity index (χ2v) is 6.53. The fourth-order valence-electron chi connectivity index (χ4n) is 2.47. The number of carbonyl (C=O) groups is 1. The number of aryl methyl sites for hydroxylation is 1. The summed E-state index contributed by atoms with van der Waals surface area (Å²) in [6, 6.07) is 1.82. The second-order valence-electron chi connectivity index (χ2n) is 5.23. The molecule has 1 aliphatic carbocycles. The van der Waals surface area contributed by atoms with E-state index in [1.807, 2.05) is 13.0 Å². The molecule has 1 aliphatic rings. The van der Waals surface area contributed by atoms with Gasteiger partial charge >= 0.3 is 0 Å². The number of carbonyl (C=O) groups excluding carboxylic acids is 1. The monoisotopic (exact) mass is 341 g/mol. The molecule has 0 bridgehead atoms. The van der Waals surface area contributed by atoms with Crippen LogP contribution in [0.15, 0.2) is 16.7 Å². The predicted octanol–water partition coefficient (Wildman–Crippen LogP) is 2.79. The fourth-order valence-corrected chi connectivity index (χ4v) is 2.95. The highest BCUT2D eigenvalue weighted by Crippen LogP contribution is 2.46. The van der Waals surface area contributed by atoms with Crippen LogP contribution in [0.3, 0.4) is 0 Å². The van der Waals surface area contributed by atoms with Crippen LogP contribution < -0.4 is 11.1 Å². The lowest BCUT2D eigenvalue weighted by molar-refractivity contribution is -0.127. The van der Waals surface area contributed by atoms with Crippen molar-refractivity contribution in [3.8, 4) is 0 Å². The van der Waals surface area contributed by atoms with E-state index in [9.17, 15) is 4.79 Å². The number of anilines is 1. The number of nitrogens with two attached hydrogens (primary N) is 1. The first kappa shape index (κ1) is 14.4. The number of pyridine rings is 1. The third-order valence-corrected chi connectivity index (χ3v) is 4.81. The van der Waals surface area contributed by atoms with Crippen molar-refractivity contribution in [1.82, 2.24) is 4.98 Å². The van der Waals surface area contributed by atoms with Crippen LogP contribution in [0.2, 0.25) is 0 Å². The molecule has 1 aromatic heterocycles. The van der Waals surface area contributed by atoms with Gasteiger partial charge in [0, 0.05) is 10.7 Å². The summed E-state index contributed by atoms with van der Waals surface area (Å²) in [7, 11) is 0. The van der Waals surface area contributed by atoms with Gasteiger partial charge in [-0.3, -0.25) is 4.79 Å². The summed E-state index contributed by atoms with van der Waals surface area (Å²) in [6.07, 6.45) is 3.09. The van der Waals surface area contributed by atoms with Gasteiger partial charge in [0.1, 0.15) is 5.82 Å².